The average Bonchev–Trinajstić information content (AvgIpc) is 3.30. The minimum Gasteiger partial charge on any atom is -0.497 e. The zero-order chi connectivity index (χ0) is 13.1. The molecule has 1 aliphatic heterocycles. The Balaban J connectivity index is 0.00000110. The van der Waals surface area contributed by atoms with Crippen LogP contribution in [0, 0.1) is 5.92 Å². The van der Waals surface area contributed by atoms with Crippen molar-refractivity contribution in [3.63, 3.8) is 0 Å². The Kier molecular flexibility index (Phi) is 7.82. The Morgan fingerprint density at radius 3 is 2.57 bits per heavy atom. The summed E-state index contributed by atoms with van der Waals surface area (Å²) in [6.45, 7) is 4.56. The quantitative estimate of drug-likeness (QED) is 0.895. The molecule has 1 saturated heterocycles. The summed E-state index contributed by atoms with van der Waals surface area (Å²) in [6.07, 6.45) is 4.16. The summed E-state index contributed by atoms with van der Waals surface area (Å²) >= 11 is 0. The van der Waals surface area contributed by atoms with E-state index in [9.17, 15) is 0 Å². The summed E-state index contributed by atoms with van der Waals surface area (Å²) in [5.41, 5.74) is 1.42. The molecule has 0 unspecified atom stereocenters. The van der Waals surface area contributed by atoms with Crippen molar-refractivity contribution in [1.29, 1.82) is 0 Å². The number of piperazine rings is 1. The highest BCUT2D eigenvalue weighted by atomic mass is 35.5. The number of benzene rings is 1. The Hall–Kier alpha value is -0.480. The lowest BCUT2D eigenvalue weighted by molar-refractivity contribution is 0.160. The molecule has 1 aromatic rings. The molecule has 1 aromatic carbocycles. The van der Waals surface area contributed by atoms with Crippen molar-refractivity contribution in [3.8, 4) is 5.75 Å². The van der Waals surface area contributed by atoms with Crippen molar-refractivity contribution in [2.45, 2.75) is 25.3 Å². The van der Waals surface area contributed by atoms with E-state index < -0.39 is 0 Å². The van der Waals surface area contributed by atoms with Crippen LogP contribution in [0.3, 0.4) is 0 Å². The van der Waals surface area contributed by atoms with E-state index in [0.717, 1.165) is 37.8 Å². The second kappa shape index (κ2) is 8.84. The fraction of sp³-hybridized carbons (Fsp3) is 0.625. The van der Waals surface area contributed by atoms with Gasteiger partial charge < -0.3 is 10.1 Å². The minimum atomic E-state index is 0. The molecule has 1 atom stereocenters. The number of hydrogen-bond acceptors (Lipinski definition) is 3. The smallest absolute Gasteiger partial charge is 0.119 e. The second-order valence-corrected chi connectivity index (χ2v) is 5.76. The Bertz CT molecular complexity index is 420. The number of nitrogens with one attached hydrogen (secondary N) is 1. The molecule has 0 spiro atoms. The van der Waals surface area contributed by atoms with Gasteiger partial charge >= 0.3 is 0 Å². The lowest BCUT2D eigenvalue weighted by atomic mass is 9.98. The summed E-state index contributed by atoms with van der Waals surface area (Å²) < 4.78 is 5.38. The van der Waals surface area contributed by atoms with Crippen molar-refractivity contribution >= 4 is 24.8 Å². The third kappa shape index (κ3) is 5.03. The number of methoxy groups -OCH3 is 1. The van der Waals surface area contributed by atoms with Gasteiger partial charge in [0.25, 0.3) is 0 Å². The van der Waals surface area contributed by atoms with Gasteiger partial charge in [-0.05, 0) is 30.0 Å². The third-order valence-electron chi connectivity index (χ3n) is 4.32. The lowest BCUT2D eigenvalue weighted by Crippen LogP contribution is -2.45. The van der Waals surface area contributed by atoms with Gasteiger partial charge in [0.05, 0.1) is 7.11 Å². The van der Waals surface area contributed by atoms with E-state index in [1.165, 1.54) is 24.8 Å². The summed E-state index contributed by atoms with van der Waals surface area (Å²) in [5, 5.41) is 3.45. The van der Waals surface area contributed by atoms with Gasteiger partial charge in [-0.25, -0.2) is 0 Å². The van der Waals surface area contributed by atoms with E-state index in [-0.39, 0.29) is 24.8 Å². The first-order chi connectivity index (χ1) is 9.36. The van der Waals surface area contributed by atoms with Crippen LogP contribution in [0.4, 0.5) is 0 Å². The van der Waals surface area contributed by atoms with E-state index >= 15 is 0 Å². The van der Waals surface area contributed by atoms with Gasteiger partial charge in [0.1, 0.15) is 5.75 Å². The number of halogens is 2. The highest BCUT2D eigenvalue weighted by Gasteiger charge is 2.30. The van der Waals surface area contributed by atoms with Crippen LogP contribution in [0.15, 0.2) is 24.3 Å². The van der Waals surface area contributed by atoms with Crippen molar-refractivity contribution in [2.75, 3.05) is 33.3 Å². The molecule has 0 aromatic heterocycles. The molecule has 1 saturated carbocycles. The standard InChI is InChI=1S/C16H24N2O.2ClH/c1-19-15-4-2-3-14(12-15)16(11-13-5-6-13)18-9-7-17-8-10-18;;/h2-4,12-13,16-17H,5-11H2,1H3;2*1H/t16-;;/m0../s1. The summed E-state index contributed by atoms with van der Waals surface area (Å²) in [5.74, 6) is 1.93. The molecular formula is C16H26Cl2N2O. The number of hydrogen-bond donors (Lipinski definition) is 1. The fourth-order valence-corrected chi connectivity index (χ4v) is 3.01. The van der Waals surface area contributed by atoms with Gasteiger partial charge in [0.2, 0.25) is 0 Å². The van der Waals surface area contributed by atoms with E-state index in [4.69, 9.17) is 4.74 Å². The van der Waals surface area contributed by atoms with Crippen LogP contribution in [0.2, 0.25) is 0 Å². The van der Waals surface area contributed by atoms with Crippen LogP contribution in [-0.2, 0) is 0 Å². The molecule has 3 rings (SSSR count). The molecule has 5 heteroatoms. The maximum absolute atomic E-state index is 5.38. The number of nitrogens with zero attached hydrogens (tertiary/aromatic N) is 1. The molecule has 0 radical (unpaired) electrons. The molecule has 1 heterocycles. The maximum atomic E-state index is 5.38. The summed E-state index contributed by atoms with van der Waals surface area (Å²) in [7, 11) is 1.75. The highest BCUT2D eigenvalue weighted by Crippen LogP contribution is 2.40. The molecular weight excluding hydrogens is 307 g/mol. The minimum absolute atomic E-state index is 0. The molecule has 2 aliphatic rings. The predicted octanol–water partition coefficient (Wildman–Crippen LogP) is 3.29. The molecule has 3 nitrogen and oxygen atoms in total. The van der Waals surface area contributed by atoms with Crippen molar-refractivity contribution in [3.05, 3.63) is 29.8 Å². The number of rotatable bonds is 5. The largest absolute Gasteiger partial charge is 0.497 e. The maximum Gasteiger partial charge on any atom is 0.119 e. The van der Waals surface area contributed by atoms with Crippen LogP contribution in [0.1, 0.15) is 30.9 Å². The monoisotopic (exact) mass is 332 g/mol. The van der Waals surface area contributed by atoms with Gasteiger partial charge in [0, 0.05) is 32.2 Å². The van der Waals surface area contributed by atoms with Gasteiger partial charge in [-0.3, -0.25) is 4.90 Å². The highest BCUT2D eigenvalue weighted by molar-refractivity contribution is 5.85. The van der Waals surface area contributed by atoms with Crippen LogP contribution in [0.5, 0.6) is 5.75 Å². The fourth-order valence-electron chi connectivity index (χ4n) is 3.01. The van der Waals surface area contributed by atoms with Crippen LogP contribution in [-0.4, -0.2) is 38.2 Å². The first kappa shape index (κ1) is 18.6. The normalized spacial score (nSPS) is 20.0. The van der Waals surface area contributed by atoms with Gasteiger partial charge in [-0.1, -0.05) is 25.0 Å². The summed E-state index contributed by atoms with van der Waals surface area (Å²) in [4.78, 5) is 2.64. The second-order valence-electron chi connectivity index (χ2n) is 5.76. The average molecular weight is 333 g/mol. The molecule has 120 valence electrons. The Labute approximate surface area is 140 Å². The molecule has 1 N–H and O–H groups in total. The van der Waals surface area contributed by atoms with Crippen molar-refractivity contribution < 1.29 is 4.74 Å². The Morgan fingerprint density at radius 2 is 1.95 bits per heavy atom. The van der Waals surface area contributed by atoms with Crippen LogP contribution in [0.25, 0.3) is 0 Å². The van der Waals surface area contributed by atoms with Crippen molar-refractivity contribution in [1.82, 2.24) is 10.2 Å². The zero-order valence-corrected chi connectivity index (χ0v) is 14.2. The molecule has 0 amide bonds. The zero-order valence-electron chi connectivity index (χ0n) is 12.6. The predicted molar refractivity (Wildman–Crippen MR) is 92.0 cm³/mol. The SMILES string of the molecule is COc1cccc([C@H](CC2CC2)N2CCNCC2)c1.Cl.Cl. The lowest BCUT2D eigenvalue weighted by Gasteiger charge is -2.35. The van der Waals surface area contributed by atoms with Crippen LogP contribution < -0.4 is 10.1 Å². The number of ether oxygens (including phenoxy) is 1. The molecule has 0 bridgehead atoms. The van der Waals surface area contributed by atoms with Gasteiger partial charge in [0.15, 0.2) is 0 Å². The Morgan fingerprint density at radius 1 is 1.24 bits per heavy atom. The van der Waals surface area contributed by atoms with E-state index in [0.29, 0.717) is 6.04 Å². The van der Waals surface area contributed by atoms with E-state index in [1.54, 1.807) is 7.11 Å². The first-order valence-electron chi connectivity index (χ1n) is 7.45. The summed E-state index contributed by atoms with van der Waals surface area (Å²) in [6, 6.07) is 9.21. The molecule has 1 aliphatic carbocycles. The first-order valence-corrected chi connectivity index (χ1v) is 7.45. The molecule has 2 fully saturated rings. The van der Waals surface area contributed by atoms with E-state index in [1.807, 2.05) is 6.07 Å². The van der Waals surface area contributed by atoms with Crippen LogP contribution >= 0.6 is 24.8 Å². The third-order valence-corrected chi connectivity index (χ3v) is 4.32. The van der Waals surface area contributed by atoms with Crippen molar-refractivity contribution in [2.24, 2.45) is 5.92 Å². The van der Waals surface area contributed by atoms with Gasteiger partial charge in [-0.2, -0.15) is 0 Å². The topological polar surface area (TPSA) is 24.5 Å². The van der Waals surface area contributed by atoms with Gasteiger partial charge in [-0.15, -0.1) is 24.8 Å². The molecule has 21 heavy (non-hydrogen) atoms. The van der Waals surface area contributed by atoms with E-state index in [2.05, 4.69) is 28.4 Å².